The minimum absolute atomic E-state index is 0.0931. The fourth-order valence-electron chi connectivity index (χ4n) is 4.68. The highest BCUT2D eigenvalue weighted by atomic mass is 16.5. The van der Waals surface area contributed by atoms with Crippen LogP contribution in [0.5, 0.6) is 5.75 Å². The first kappa shape index (κ1) is 24.5. The molecule has 4 aromatic rings. The first-order valence-electron chi connectivity index (χ1n) is 12.5. The first-order valence-corrected chi connectivity index (χ1v) is 12.5. The van der Waals surface area contributed by atoms with Crippen molar-refractivity contribution >= 4 is 34.3 Å². The zero-order valence-electron chi connectivity index (χ0n) is 20.9. The van der Waals surface area contributed by atoms with Crippen molar-refractivity contribution in [3.8, 4) is 5.75 Å². The van der Waals surface area contributed by atoms with E-state index in [4.69, 9.17) is 9.15 Å². The number of carbonyl (C=O) groups excluding carboxylic acids is 2. The van der Waals surface area contributed by atoms with Gasteiger partial charge in [0.1, 0.15) is 11.3 Å². The van der Waals surface area contributed by atoms with Crippen molar-refractivity contribution in [2.75, 3.05) is 30.8 Å². The van der Waals surface area contributed by atoms with Gasteiger partial charge in [-0.1, -0.05) is 24.3 Å². The molecule has 0 radical (unpaired) electrons. The molecule has 8 nitrogen and oxygen atoms in total. The number of nitrogens with zero attached hydrogens (tertiary/aromatic N) is 2. The van der Waals surface area contributed by atoms with Crippen LogP contribution in [0.2, 0.25) is 0 Å². The molecule has 0 saturated carbocycles. The Labute approximate surface area is 215 Å². The van der Waals surface area contributed by atoms with Crippen molar-refractivity contribution in [1.29, 1.82) is 0 Å². The molecule has 2 unspecified atom stereocenters. The molecule has 190 valence electrons. The molecular weight excluding hydrogens is 468 g/mol. The number of nitrogens with one attached hydrogen (secondary N) is 2. The molecule has 1 aliphatic heterocycles. The molecule has 1 aliphatic rings. The minimum Gasteiger partial charge on any atom is -0.495 e. The van der Waals surface area contributed by atoms with Crippen molar-refractivity contribution in [2.24, 2.45) is 0 Å². The van der Waals surface area contributed by atoms with E-state index in [-0.39, 0.29) is 23.8 Å². The van der Waals surface area contributed by atoms with Crippen molar-refractivity contribution in [3.63, 3.8) is 0 Å². The van der Waals surface area contributed by atoms with Crippen LogP contribution in [0, 0.1) is 0 Å². The maximum atomic E-state index is 13.0. The predicted molar refractivity (Wildman–Crippen MR) is 143 cm³/mol. The third-order valence-corrected chi connectivity index (χ3v) is 6.81. The standard InChI is InChI=1S/C29H30N4O4/c1-19(33-17-7-8-21(18-33)29-32-24-10-4-6-12-26(24)37-29)27(34)30-22-15-13-20(14-16-22)28(35)31-23-9-3-5-11-25(23)36-2/h3-6,9-16,19,21H,7-8,17-18H2,1-2H3,(H,30,34)(H,31,35). The van der Waals surface area contributed by atoms with E-state index in [0.29, 0.717) is 29.2 Å². The lowest BCUT2D eigenvalue weighted by Crippen LogP contribution is -2.46. The van der Waals surface area contributed by atoms with Gasteiger partial charge in [-0.05, 0) is 74.8 Å². The Hall–Kier alpha value is -4.17. The van der Waals surface area contributed by atoms with Gasteiger partial charge in [0.05, 0.1) is 18.8 Å². The maximum absolute atomic E-state index is 13.0. The molecule has 2 N–H and O–H groups in total. The summed E-state index contributed by atoms with van der Waals surface area (Å²) in [6.07, 6.45) is 1.95. The Morgan fingerprint density at radius 3 is 2.57 bits per heavy atom. The monoisotopic (exact) mass is 498 g/mol. The molecule has 1 aromatic heterocycles. The van der Waals surface area contributed by atoms with Gasteiger partial charge in [-0.2, -0.15) is 0 Å². The normalized spacial score (nSPS) is 16.8. The number of benzene rings is 3. The van der Waals surface area contributed by atoms with Gasteiger partial charge in [0.2, 0.25) is 5.91 Å². The number of carbonyl (C=O) groups is 2. The van der Waals surface area contributed by atoms with Gasteiger partial charge in [0, 0.05) is 23.7 Å². The van der Waals surface area contributed by atoms with Crippen LogP contribution < -0.4 is 15.4 Å². The fraction of sp³-hybridized carbons (Fsp3) is 0.276. The molecule has 3 aromatic carbocycles. The van der Waals surface area contributed by atoms with E-state index < -0.39 is 0 Å². The van der Waals surface area contributed by atoms with Gasteiger partial charge in [-0.3, -0.25) is 14.5 Å². The summed E-state index contributed by atoms with van der Waals surface area (Å²) in [4.78, 5) is 32.5. The molecule has 1 saturated heterocycles. The van der Waals surface area contributed by atoms with E-state index in [9.17, 15) is 9.59 Å². The summed E-state index contributed by atoms with van der Waals surface area (Å²) in [5.74, 6) is 1.13. The molecule has 2 amide bonds. The number of fused-ring (bicyclic) bond motifs is 1. The topological polar surface area (TPSA) is 96.7 Å². The Bertz CT molecular complexity index is 1370. The molecule has 8 heteroatoms. The van der Waals surface area contributed by atoms with Crippen LogP contribution in [0.4, 0.5) is 11.4 Å². The molecule has 0 bridgehead atoms. The number of oxazole rings is 1. The number of amides is 2. The molecular formula is C29H30N4O4. The summed E-state index contributed by atoms with van der Waals surface area (Å²) in [6, 6.07) is 21.5. The number of piperidine rings is 1. The number of methoxy groups -OCH3 is 1. The van der Waals surface area contributed by atoms with Crippen LogP contribution in [0.1, 0.15) is 41.9 Å². The maximum Gasteiger partial charge on any atom is 0.255 e. The van der Waals surface area contributed by atoms with Crippen molar-refractivity contribution < 1.29 is 18.7 Å². The van der Waals surface area contributed by atoms with Crippen molar-refractivity contribution in [3.05, 3.63) is 84.3 Å². The summed E-state index contributed by atoms with van der Waals surface area (Å²) in [6.45, 7) is 3.47. The molecule has 5 rings (SSSR count). The largest absolute Gasteiger partial charge is 0.495 e. The van der Waals surface area contributed by atoms with Crippen LogP contribution in [-0.2, 0) is 4.79 Å². The summed E-state index contributed by atoms with van der Waals surface area (Å²) in [5.41, 5.74) is 3.37. The van der Waals surface area contributed by atoms with E-state index in [1.54, 1.807) is 43.5 Å². The molecule has 2 heterocycles. The number of likely N-dealkylation sites (tertiary alicyclic amines) is 1. The van der Waals surface area contributed by atoms with Gasteiger partial charge < -0.3 is 19.8 Å². The van der Waals surface area contributed by atoms with E-state index in [0.717, 1.165) is 36.4 Å². The van der Waals surface area contributed by atoms with Crippen LogP contribution in [0.15, 0.2) is 77.2 Å². The highest BCUT2D eigenvalue weighted by molar-refractivity contribution is 6.05. The second kappa shape index (κ2) is 10.8. The Balaban J connectivity index is 1.19. The zero-order valence-corrected chi connectivity index (χ0v) is 20.9. The third-order valence-electron chi connectivity index (χ3n) is 6.81. The number of hydrogen-bond acceptors (Lipinski definition) is 6. The van der Waals surface area contributed by atoms with Gasteiger partial charge >= 0.3 is 0 Å². The van der Waals surface area contributed by atoms with Crippen molar-refractivity contribution in [2.45, 2.75) is 31.7 Å². The number of para-hydroxylation sites is 4. The Morgan fingerprint density at radius 2 is 1.78 bits per heavy atom. The number of hydrogen-bond donors (Lipinski definition) is 2. The highest BCUT2D eigenvalue weighted by Gasteiger charge is 2.30. The van der Waals surface area contributed by atoms with Gasteiger partial charge in [-0.25, -0.2) is 4.98 Å². The van der Waals surface area contributed by atoms with Crippen LogP contribution in [0.25, 0.3) is 11.1 Å². The average Bonchev–Trinajstić information content (AvgIpc) is 3.38. The Kier molecular flexibility index (Phi) is 7.18. The second-order valence-corrected chi connectivity index (χ2v) is 9.25. The molecule has 0 aliphatic carbocycles. The van der Waals surface area contributed by atoms with Gasteiger partial charge in [-0.15, -0.1) is 0 Å². The fourth-order valence-corrected chi connectivity index (χ4v) is 4.68. The van der Waals surface area contributed by atoms with Crippen LogP contribution >= 0.6 is 0 Å². The zero-order chi connectivity index (χ0) is 25.8. The smallest absolute Gasteiger partial charge is 0.255 e. The minimum atomic E-state index is -0.319. The predicted octanol–water partition coefficient (Wildman–Crippen LogP) is 5.30. The highest BCUT2D eigenvalue weighted by Crippen LogP contribution is 2.30. The number of aromatic nitrogens is 1. The van der Waals surface area contributed by atoms with E-state index in [2.05, 4.69) is 20.5 Å². The van der Waals surface area contributed by atoms with Crippen LogP contribution in [-0.4, -0.2) is 47.9 Å². The van der Waals surface area contributed by atoms with E-state index in [1.807, 2.05) is 43.3 Å². The molecule has 2 atom stereocenters. The van der Waals surface area contributed by atoms with Gasteiger partial charge in [0.15, 0.2) is 11.5 Å². The van der Waals surface area contributed by atoms with E-state index >= 15 is 0 Å². The number of ether oxygens (including phenoxy) is 1. The Morgan fingerprint density at radius 1 is 1.03 bits per heavy atom. The molecule has 0 spiro atoms. The second-order valence-electron chi connectivity index (χ2n) is 9.25. The lowest BCUT2D eigenvalue weighted by atomic mass is 9.96. The SMILES string of the molecule is COc1ccccc1NC(=O)c1ccc(NC(=O)C(C)N2CCCC(c3nc4ccccc4o3)C2)cc1. The summed E-state index contributed by atoms with van der Waals surface area (Å²) in [5, 5.41) is 5.83. The lowest BCUT2D eigenvalue weighted by molar-refractivity contribution is -0.121. The van der Waals surface area contributed by atoms with E-state index in [1.165, 1.54) is 0 Å². The third kappa shape index (κ3) is 5.49. The van der Waals surface area contributed by atoms with Crippen LogP contribution in [0.3, 0.4) is 0 Å². The molecule has 1 fully saturated rings. The molecule has 37 heavy (non-hydrogen) atoms. The number of anilines is 2. The summed E-state index contributed by atoms with van der Waals surface area (Å²) in [7, 11) is 1.56. The average molecular weight is 499 g/mol. The van der Waals surface area contributed by atoms with Gasteiger partial charge in [0.25, 0.3) is 5.91 Å². The summed E-state index contributed by atoms with van der Waals surface area (Å²) >= 11 is 0. The van der Waals surface area contributed by atoms with Crippen molar-refractivity contribution in [1.82, 2.24) is 9.88 Å². The first-order chi connectivity index (χ1) is 18.0. The summed E-state index contributed by atoms with van der Waals surface area (Å²) < 4.78 is 11.3. The quantitative estimate of drug-likeness (QED) is 0.359. The lowest BCUT2D eigenvalue weighted by Gasteiger charge is -2.34. The number of rotatable bonds is 7.